The van der Waals surface area contributed by atoms with E-state index in [9.17, 15) is 18.3 Å². The monoisotopic (exact) mass is 286 g/mol. The Bertz CT molecular complexity index is 552. The number of nitrogens with zero attached hydrogens (tertiary/aromatic N) is 1. The summed E-state index contributed by atoms with van der Waals surface area (Å²) in [7, 11) is 0. The average molecular weight is 286 g/mol. The molecule has 0 amide bonds. The number of nitriles is 1. The minimum absolute atomic E-state index is 0.0535. The van der Waals surface area contributed by atoms with E-state index >= 15 is 0 Å². The van der Waals surface area contributed by atoms with Gasteiger partial charge < -0.3 is 10.4 Å². The quantitative estimate of drug-likeness (QED) is 0.376. The Labute approximate surface area is 113 Å². The molecule has 0 aromatic heterocycles. The van der Waals surface area contributed by atoms with Crippen molar-refractivity contribution in [3.63, 3.8) is 0 Å². The molecule has 0 saturated carbocycles. The zero-order chi connectivity index (χ0) is 14.6. The Morgan fingerprint density at radius 3 is 2.21 bits per heavy atom. The first-order valence-corrected chi connectivity index (χ1v) is 5.45. The summed E-state index contributed by atoms with van der Waals surface area (Å²) in [5, 5.41) is 20.5. The molecule has 19 heavy (non-hydrogen) atoms. The Balaban J connectivity index is 2.89. The fourth-order valence-electron chi connectivity index (χ4n) is 1.23. The first kappa shape index (κ1) is 15.0. The summed E-state index contributed by atoms with van der Waals surface area (Å²) in [5.41, 5.74) is -0.611. The van der Waals surface area contributed by atoms with E-state index in [-0.39, 0.29) is 16.3 Å². The predicted octanol–water partition coefficient (Wildman–Crippen LogP) is 3.80. The van der Waals surface area contributed by atoms with Gasteiger partial charge in [-0.3, -0.25) is 0 Å². The summed E-state index contributed by atoms with van der Waals surface area (Å²) < 4.78 is 37.0. The molecular formula is C12H9F3N2OS. The summed E-state index contributed by atoms with van der Waals surface area (Å²) >= 11 is 4.87. The highest BCUT2D eigenvalue weighted by atomic mass is 32.1. The highest BCUT2D eigenvalue weighted by molar-refractivity contribution is 7.81. The van der Waals surface area contributed by atoms with Crippen LogP contribution >= 0.6 is 12.2 Å². The fourth-order valence-corrected chi connectivity index (χ4v) is 1.54. The Morgan fingerprint density at radius 1 is 1.32 bits per heavy atom. The molecule has 0 fully saturated rings. The summed E-state index contributed by atoms with van der Waals surface area (Å²) in [6, 6.07) is 5.88. The number of thiocarbonyl (C=S) groups is 1. The van der Waals surface area contributed by atoms with E-state index in [1.807, 2.05) is 0 Å². The van der Waals surface area contributed by atoms with E-state index < -0.39 is 11.7 Å². The molecular weight excluding hydrogens is 277 g/mol. The number of nitrogens with one attached hydrogen (secondary N) is 1. The molecule has 0 radical (unpaired) electrons. The van der Waals surface area contributed by atoms with Gasteiger partial charge in [0, 0.05) is 5.69 Å². The van der Waals surface area contributed by atoms with Gasteiger partial charge >= 0.3 is 6.18 Å². The molecule has 0 atom stereocenters. The largest absolute Gasteiger partial charge is 0.511 e. The van der Waals surface area contributed by atoms with Crippen LogP contribution in [0.15, 0.2) is 35.6 Å². The minimum Gasteiger partial charge on any atom is -0.511 e. The molecule has 1 aromatic carbocycles. The second-order valence-corrected chi connectivity index (χ2v) is 4.01. The molecule has 0 aliphatic heterocycles. The SMILES string of the molecule is C/C(O)=C(/C#N)C(=S)Nc1ccc(C(F)(F)F)cc1. The molecule has 0 saturated heterocycles. The van der Waals surface area contributed by atoms with Crippen molar-refractivity contribution in [3.8, 4) is 6.07 Å². The van der Waals surface area contributed by atoms with Crippen LogP contribution in [-0.2, 0) is 6.18 Å². The predicted molar refractivity (Wildman–Crippen MR) is 68.6 cm³/mol. The maximum Gasteiger partial charge on any atom is 0.416 e. The molecule has 1 aromatic rings. The zero-order valence-electron chi connectivity index (χ0n) is 9.75. The fraction of sp³-hybridized carbons (Fsp3) is 0.167. The van der Waals surface area contributed by atoms with Crippen LogP contribution in [0.3, 0.4) is 0 Å². The highest BCUT2D eigenvalue weighted by Gasteiger charge is 2.29. The number of halogens is 3. The summed E-state index contributed by atoms with van der Waals surface area (Å²) in [4.78, 5) is -0.0535. The van der Waals surface area contributed by atoms with Crippen LogP contribution in [0, 0.1) is 11.3 Å². The van der Waals surface area contributed by atoms with Crippen LogP contribution in [0.25, 0.3) is 0 Å². The molecule has 100 valence electrons. The summed E-state index contributed by atoms with van der Waals surface area (Å²) in [6.45, 7) is 1.29. The van der Waals surface area contributed by atoms with Gasteiger partial charge in [-0.25, -0.2) is 0 Å². The van der Waals surface area contributed by atoms with E-state index in [2.05, 4.69) is 5.32 Å². The molecule has 0 heterocycles. The van der Waals surface area contributed by atoms with Gasteiger partial charge in [-0.05, 0) is 31.2 Å². The number of anilines is 1. The van der Waals surface area contributed by atoms with Crippen LogP contribution in [0.2, 0.25) is 0 Å². The normalized spacial score (nSPS) is 12.4. The van der Waals surface area contributed by atoms with E-state index in [4.69, 9.17) is 17.5 Å². The molecule has 3 nitrogen and oxygen atoms in total. The minimum atomic E-state index is -4.40. The van der Waals surface area contributed by atoms with Gasteiger partial charge in [0.15, 0.2) is 0 Å². The number of alkyl halides is 3. The number of hydrogen-bond acceptors (Lipinski definition) is 3. The lowest BCUT2D eigenvalue weighted by molar-refractivity contribution is -0.137. The van der Waals surface area contributed by atoms with Gasteiger partial charge in [0.05, 0.1) is 5.56 Å². The molecule has 1 rings (SSSR count). The number of aliphatic hydroxyl groups excluding tert-OH is 1. The molecule has 0 bridgehead atoms. The number of aliphatic hydroxyl groups is 1. The van der Waals surface area contributed by atoms with Crippen molar-refractivity contribution in [3.05, 3.63) is 41.2 Å². The van der Waals surface area contributed by atoms with E-state index in [0.717, 1.165) is 12.1 Å². The average Bonchev–Trinajstić information content (AvgIpc) is 2.28. The topological polar surface area (TPSA) is 56.0 Å². The van der Waals surface area contributed by atoms with Crippen LogP contribution in [0.1, 0.15) is 12.5 Å². The second-order valence-electron chi connectivity index (χ2n) is 3.60. The lowest BCUT2D eigenvalue weighted by atomic mass is 10.2. The van der Waals surface area contributed by atoms with Crippen molar-refractivity contribution < 1.29 is 18.3 Å². The highest BCUT2D eigenvalue weighted by Crippen LogP contribution is 2.29. The van der Waals surface area contributed by atoms with Gasteiger partial charge in [0.2, 0.25) is 0 Å². The van der Waals surface area contributed by atoms with E-state index in [1.165, 1.54) is 19.1 Å². The van der Waals surface area contributed by atoms with Gasteiger partial charge in [0.1, 0.15) is 22.4 Å². The van der Waals surface area contributed by atoms with Crippen molar-refractivity contribution in [2.75, 3.05) is 5.32 Å². The lowest BCUT2D eigenvalue weighted by Crippen LogP contribution is -2.13. The van der Waals surface area contributed by atoms with Crippen LogP contribution in [0.5, 0.6) is 0 Å². The smallest absolute Gasteiger partial charge is 0.416 e. The van der Waals surface area contributed by atoms with E-state index in [0.29, 0.717) is 5.69 Å². The second kappa shape index (κ2) is 5.71. The zero-order valence-corrected chi connectivity index (χ0v) is 10.6. The van der Waals surface area contributed by atoms with Crippen molar-refractivity contribution in [1.29, 1.82) is 5.26 Å². The number of rotatable bonds is 2. The molecule has 2 N–H and O–H groups in total. The van der Waals surface area contributed by atoms with Crippen molar-refractivity contribution >= 4 is 22.9 Å². The van der Waals surface area contributed by atoms with Crippen LogP contribution < -0.4 is 5.32 Å². The maximum absolute atomic E-state index is 12.3. The third kappa shape index (κ3) is 3.96. The Morgan fingerprint density at radius 2 is 1.84 bits per heavy atom. The Hall–Kier alpha value is -2.07. The molecule has 0 unspecified atom stereocenters. The van der Waals surface area contributed by atoms with Crippen LogP contribution in [-0.4, -0.2) is 10.1 Å². The van der Waals surface area contributed by atoms with Crippen LogP contribution in [0.4, 0.5) is 18.9 Å². The molecule has 0 spiro atoms. The molecule has 0 aliphatic rings. The number of benzene rings is 1. The maximum atomic E-state index is 12.3. The summed E-state index contributed by atoms with van der Waals surface area (Å²) in [5.74, 6) is -0.257. The third-order valence-corrected chi connectivity index (χ3v) is 2.48. The number of allylic oxidation sites excluding steroid dienone is 1. The summed E-state index contributed by atoms with van der Waals surface area (Å²) in [6.07, 6.45) is -4.40. The third-order valence-electron chi connectivity index (χ3n) is 2.17. The first-order valence-electron chi connectivity index (χ1n) is 5.04. The first-order chi connectivity index (χ1) is 8.75. The van der Waals surface area contributed by atoms with Crippen molar-refractivity contribution in [1.82, 2.24) is 0 Å². The molecule has 7 heteroatoms. The van der Waals surface area contributed by atoms with Crippen molar-refractivity contribution in [2.45, 2.75) is 13.1 Å². The van der Waals surface area contributed by atoms with Crippen molar-refractivity contribution in [2.24, 2.45) is 0 Å². The Kier molecular flexibility index (Phi) is 4.51. The molecule has 0 aliphatic carbocycles. The number of hydrogen-bond donors (Lipinski definition) is 2. The van der Waals surface area contributed by atoms with Gasteiger partial charge in [-0.1, -0.05) is 12.2 Å². The van der Waals surface area contributed by atoms with Gasteiger partial charge in [0.25, 0.3) is 0 Å². The van der Waals surface area contributed by atoms with E-state index in [1.54, 1.807) is 6.07 Å². The lowest BCUT2D eigenvalue weighted by Gasteiger charge is -2.10. The standard InChI is InChI=1S/C12H9F3N2OS/c1-7(18)10(6-16)11(19)17-9-4-2-8(3-5-9)12(13,14)15/h2-5,18H,1H3,(H,17,19)/b10-7+. The van der Waals surface area contributed by atoms with Gasteiger partial charge in [-0.2, -0.15) is 18.4 Å². The van der Waals surface area contributed by atoms with Gasteiger partial charge in [-0.15, -0.1) is 0 Å².